The molecule has 1 unspecified atom stereocenters. The minimum absolute atomic E-state index is 0.0115. The van der Waals surface area contributed by atoms with E-state index >= 15 is 8.90 Å². The fourth-order valence-electron chi connectivity index (χ4n) is 9.72. The second-order valence-electron chi connectivity index (χ2n) is 17.1. The number of hydrogen-bond donors (Lipinski definition) is 3. The average molecular weight is 882 g/mol. The van der Waals surface area contributed by atoms with Gasteiger partial charge < -0.3 is 38.9 Å². The average Bonchev–Trinajstić information content (AvgIpc) is 3.68. The van der Waals surface area contributed by atoms with Gasteiger partial charge in [-0.3, -0.25) is 29.4 Å². The number of carbonyl (C=O) groups excluding carboxylic acids is 3. The summed E-state index contributed by atoms with van der Waals surface area (Å²) in [5, 5.41) is 34.8. The number of non-ortho nitro benzene ring substituents is 1. The summed E-state index contributed by atoms with van der Waals surface area (Å²) in [6.45, 7) is 7.69. The number of nitro benzene ring substituents is 1. The number of hydrogen-bond acceptors (Lipinski definition) is 10. The number of nitrogens with one attached hydrogen (secondary N) is 1. The van der Waals surface area contributed by atoms with Crippen LogP contribution in [-0.4, -0.2) is 91.2 Å². The van der Waals surface area contributed by atoms with Crippen LogP contribution in [0.25, 0.3) is 0 Å². The van der Waals surface area contributed by atoms with Gasteiger partial charge in [0.05, 0.1) is 54.6 Å². The van der Waals surface area contributed by atoms with Crippen molar-refractivity contribution in [3.8, 4) is 5.75 Å². The molecule has 334 valence electrons. The Balaban J connectivity index is 1.23. The first-order valence-corrected chi connectivity index (χ1v) is 24.6. The largest absolute Gasteiger partial charge is 0.494 e. The van der Waals surface area contributed by atoms with E-state index < -0.39 is 48.4 Å². The summed E-state index contributed by atoms with van der Waals surface area (Å²) in [4.78, 5) is 59.9. The van der Waals surface area contributed by atoms with E-state index in [2.05, 4.69) is 5.32 Å². The molecule has 7 rings (SSSR count). The Kier molecular flexibility index (Phi) is 13.8. The number of ether oxygens (including phenoxy) is 2. The summed E-state index contributed by atoms with van der Waals surface area (Å²) in [6.07, 6.45) is 0.423. The first-order chi connectivity index (χ1) is 30.2. The molecule has 1 spiro atoms. The maximum atomic E-state index is 16.7. The number of benzene rings is 4. The maximum Gasteiger partial charge on any atom is 0.269 e. The summed E-state index contributed by atoms with van der Waals surface area (Å²) < 4.78 is 29.3. The van der Waals surface area contributed by atoms with Crippen LogP contribution in [0.3, 0.4) is 0 Å². The molecule has 3 N–H and O–H groups in total. The van der Waals surface area contributed by atoms with Crippen LogP contribution in [0.5, 0.6) is 5.75 Å². The minimum Gasteiger partial charge on any atom is -0.494 e. The van der Waals surface area contributed by atoms with E-state index in [0.717, 1.165) is 11.1 Å². The Morgan fingerprint density at radius 3 is 2.44 bits per heavy atom. The quantitative estimate of drug-likeness (QED) is 0.0322. The predicted octanol–water partition coefficient (Wildman–Crippen LogP) is 6.68. The van der Waals surface area contributed by atoms with Crippen LogP contribution >= 0.6 is 0 Å². The van der Waals surface area contributed by atoms with E-state index in [1.165, 1.54) is 41.1 Å². The molecule has 1 saturated heterocycles. The molecule has 5 atom stereocenters. The van der Waals surface area contributed by atoms with E-state index in [4.69, 9.17) is 9.47 Å². The monoisotopic (exact) mass is 881 g/mol. The molecule has 3 amide bonds. The van der Waals surface area contributed by atoms with Gasteiger partial charge >= 0.3 is 0 Å². The number of amides is 3. The smallest absolute Gasteiger partial charge is 0.269 e. The molecule has 3 heterocycles. The number of nitrogens with zero attached hydrogens (tertiary/aromatic N) is 4. The SMILES string of the molecule is CCOc1ccc2c(c1)CC(NCCCCO)C(=O)N2c1cccc(CN2C(=O)[C@]3(O[C@H](CC(=O)N(CCO)Cc4ccccc4)[C@@H]([Si](C)(C)F)[C@@H]3C)c3cc([N+](=O)[O-])ccc32)c1. The Bertz CT molecular complexity index is 2330. The Morgan fingerprint density at radius 2 is 1.75 bits per heavy atom. The molecular formula is C47H56FN5O9Si. The molecule has 0 bridgehead atoms. The highest BCUT2D eigenvalue weighted by atomic mass is 28.4. The molecule has 16 heteroatoms. The van der Waals surface area contributed by atoms with Crippen LogP contribution in [0, 0.1) is 16.0 Å². The second-order valence-corrected chi connectivity index (χ2v) is 20.9. The number of anilines is 3. The van der Waals surface area contributed by atoms with Crippen LogP contribution in [0.2, 0.25) is 18.6 Å². The van der Waals surface area contributed by atoms with E-state index in [-0.39, 0.29) is 62.3 Å². The van der Waals surface area contributed by atoms with E-state index in [0.29, 0.717) is 60.8 Å². The van der Waals surface area contributed by atoms with Crippen molar-refractivity contribution in [1.82, 2.24) is 10.2 Å². The van der Waals surface area contributed by atoms with Crippen molar-refractivity contribution in [3.63, 3.8) is 0 Å². The number of carbonyl (C=O) groups is 3. The molecule has 3 aliphatic heterocycles. The Hall–Kier alpha value is -5.52. The molecule has 0 aliphatic carbocycles. The van der Waals surface area contributed by atoms with Crippen molar-refractivity contribution < 1.29 is 43.1 Å². The maximum absolute atomic E-state index is 16.7. The molecule has 63 heavy (non-hydrogen) atoms. The Labute approximate surface area is 367 Å². The third-order valence-corrected chi connectivity index (χ3v) is 15.0. The van der Waals surface area contributed by atoms with Gasteiger partial charge in [-0.15, -0.1) is 0 Å². The number of aliphatic hydroxyl groups is 2. The molecule has 4 aromatic carbocycles. The summed E-state index contributed by atoms with van der Waals surface area (Å²) in [6, 6.07) is 25.8. The Morgan fingerprint density at radius 1 is 1.00 bits per heavy atom. The van der Waals surface area contributed by atoms with Gasteiger partial charge in [0.1, 0.15) is 5.75 Å². The minimum atomic E-state index is -3.72. The lowest BCUT2D eigenvalue weighted by Crippen LogP contribution is -2.49. The number of unbranched alkanes of at least 4 members (excludes halogenated alkanes) is 1. The van der Waals surface area contributed by atoms with Crippen molar-refractivity contribution in [1.29, 1.82) is 0 Å². The van der Waals surface area contributed by atoms with Gasteiger partial charge in [0.2, 0.25) is 20.2 Å². The van der Waals surface area contributed by atoms with Gasteiger partial charge in [-0.2, -0.15) is 0 Å². The molecule has 4 aromatic rings. The summed E-state index contributed by atoms with van der Waals surface area (Å²) in [7, 11) is -3.72. The summed E-state index contributed by atoms with van der Waals surface area (Å²) in [5.41, 5.74) is 1.30. The van der Waals surface area contributed by atoms with Crippen molar-refractivity contribution in [2.45, 2.75) is 89.0 Å². The van der Waals surface area contributed by atoms with Crippen molar-refractivity contribution in [3.05, 3.63) is 123 Å². The fourth-order valence-corrected chi connectivity index (χ4v) is 12.2. The highest BCUT2D eigenvalue weighted by molar-refractivity contribution is 6.72. The first kappa shape index (κ1) is 45.5. The number of nitro groups is 1. The summed E-state index contributed by atoms with van der Waals surface area (Å²) in [5.74, 6) is -1.21. The number of rotatable bonds is 18. The van der Waals surface area contributed by atoms with Crippen LogP contribution in [0.4, 0.5) is 26.9 Å². The zero-order chi connectivity index (χ0) is 45.1. The van der Waals surface area contributed by atoms with Crippen molar-refractivity contribution >= 4 is 48.9 Å². The lowest BCUT2D eigenvalue weighted by molar-refractivity contribution is -0.385. The van der Waals surface area contributed by atoms with Crippen molar-refractivity contribution in [2.24, 2.45) is 5.92 Å². The molecule has 3 aliphatic rings. The van der Waals surface area contributed by atoms with Gasteiger partial charge in [-0.25, -0.2) is 0 Å². The van der Waals surface area contributed by atoms with Gasteiger partial charge in [0.25, 0.3) is 11.6 Å². The van der Waals surface area contributed by atoms with E-state index in [1.54, 1.807) is 17.9 Å². The van der Waals surface area contributed by atoms with E-state index in [1.807, 2.05) is 73.7 Å². The van der Waals surface area contributed by atoms with Gasteiger partial charge in [-0.1, -0.05) is 49.4 Å². The molecule has 14 nitrogen and oxygen atoms in total. The third kappa shape index (κ3) is 9.13. The first-order valence-electron chi connectivity index (χ1n) is 21.6. The normalized spacial score (nSPS) is 21.8. The van der Waals surface area contributed by atoms with E-state index in [9.17, 15) is 29.9 Å². The van der Waals surface area contributed by atoms with Crippen molar-refractivity contribution in [2.75, 3.05) is 42.7 Å². The standard InChI is InChI=1S/C47H56FN5O9Si/c1-5-61-37-17-19-40-34(25-37)26-39(49-20-9-10-22-54)45(57)52(40)35-15-11-14-33(24-35)30-51-41-18-16-36(53(59)60)27-38(41)47(46(51)58)31(2)44(63(3,4)48)42(62-47)28-43(56)50(21-23-55)29-32-12-7-6-8-13-32/h6-8,11-19,24-25,27,31,39,42,44,49,54-55H,5,9-10,20-23,26,28-30H2,1-4H3/t31-,39?,42+,44-,47+/m0/s1. The highest BCUT2D eigenvalue weighted by Gasteiger charge is 2.67. The predicted molar refractivity (Wildman–Crippen MR) is 239 cm³/mol. The second kappa shape index (κ2) is 19.1. The van der Waals surface area contributed by atoms with Gasteiger partial charge in [-0.05, 0) is 98.9 Å². The molecule has 0 aromatic heterocycles. The number of halogens is 1. The third-order valence-electron chi connectivity index (χ3n) is 12.5. The fraction of sp³-hybridized carbons (Fsp3) is 0.426. The van der Waals surface area contributed by atoms with Crippen LogP contribution in [0.15, 0.2) is 91.0 Å². The zero-order valence-electron chi connectivity index (χ0n) is 36.2. The van der Waals surface area contributed by atoms with Gasteiger partial charge in [0, 0.05) is 54.5 Å². The molecule has 0 saturated carbocycles. The lowest BCUT2D eigenvalue weighted by Gasteiger charge is -2.35. The molecular weight excluding hydrogens is 826 g/mol. The zero-order valence-corrected chi connectivity index (χ0v) is 37.2. The lowest BCUT2D eigenvalue weighted by atomic mass is 9.82. The topological polar surface area (TPSA) is 175 Å². The highest BCUT2D eigenvalue weighted by Crippen LogP contribution is 2.61. The molecule has 0 radical (unpaired) electrons. The number of fused-ring (bicyclic) bond motifs is 3. The van der Waals surface area contributed by atoms with Crippen LogP contribution < -0.4 is 19.9 Å². The van der Waals surface area contributed by atoms with Gasteiger partial charge in [0.15, 0.2) is 5.60 Å². The van der Waals surface area contributed by atoms with Crippen LogP contribution in [-0.2, 0) is 44.2 Å². The summed E-state index contributed by atoms with van der Waals surface area (Å²) >= 11 is 0. The molecule has 1 fully saturated rings. The van der Waals surface area contributed by atoms with Crippen LogP contribution in [0.1, 0.15) is 55.4 Å². The number of aliphatic hydroxyl groups excluding tert-OH is 2.